The van der Waals surface area contributed by atoms with Crippen LogP contribution in [-0.4, -0.2) is 10.9 Å². The summed E-state index contributed by atoms with van der Waals surface area (Å²) in [4.78, 5) is 16.1. The van der Waals surface area contributed by atoms with Gasteiger partial charge < -0.3 is 0 Å². The number of halogens is 4. The van der Waals surface area contributed by atoms with Crippen molar-refractivity contribution in [3.8, 4) is 0 Å². The number of pyridine rings is 1. The number of carbonyl (C=O) groups excluding carboxylic acids is 1. The maximum absolute atomic E-state index is 13.5. The zero-order chi connectivity index (χ0) is 17.3. The van der Waals surface area contributed by atoms with E-state index >= 15 is 0 Å². The highest BCUT2D eigenvalue weighted by atomic mass is 19.2. The van der Waals surface area contributed by atoms with Crippen molar-refractivity contribution in [2.24, 2.45) is 0 Å². The monoisotopic (exact) mass is 335 g/mol. The molecule has 0 unspecified atom stereocenters. The molecule has 0 saturated carbocycles. The predicted octanol–water partition coefficient (Wildman–Crippen LogP) is 3.55. The van der Waals surface area contributed by atoms with Gasteiger partial charge in [-0.15, -0.1) is 0 Å². The first-order chi connectivity index (χ1) is 11.5. The Bertz CT molecular complexity index is 920. The SMILES string of the molecule is O=C(NNc1c(F)c(F)cc(F)c1F)c1ccc2ccccc2n1. The summed E-state index contributed by atoms with van der Waals surface area (Å²) in [7, 11) is 0. The number of nitrogens with one attached hydrogen (secondary N) is 2. The molecule has 4 nitrogen and oxygen atoms in total. The molecule has 24 heavy (non-hydrogen) atoms. The summed E-state index contributed by atoms with van der Waals surface area (Å²) >= 11 is 0. The van der Waals surface area contributed by atoms with Crippen molar-refractivity contribution >= 4 is 22.5 Å². The molecule has 2 N–H and O–H groups in total. The molecule has 1 amide bonds. The molecule has 1 heterocycles. The van der Waals surface area contributed by atoms with Gasteiger partial charge in [-0.3, -0.25) is 15.6 Å². The van der Waals surface area contributed by atoms with Crippen LogP contribution in [0.2, 0.25) is 0 Å². The van der Waals surface area contributed by atoms with E-state index in [1.54, 1.807) is 30.3 Å². The fourth-order valence-electron chi connectivity index (χ4n) is 2.06. The maximum atomic E-state index is 13.5. The van der Waals surface area contributed by atoms with E-state index in [-0.39, 0.29) is 11.8 Å². The number of hydrazine groups is 1. The number of fused-ring (bicyclic) bond motifs is 1. The van der Waals surface area contributed by atoms with Gasteiger partial charge in [0.05, 0.1) is 5.52 Å². The van der Waals surface area contributed by atoms with Crippen molar-refractivity contribution in [3.63, 3.8) is 0 Å². The summed E-state index contributed by atoms with van der Waals surface area (Å²) in [6.45, 7) is 0. The van der Waals surface area contributed by atoms with Crippen molar-refractivity contribution in [2.45, 2.75) is 0 Å². The molecule has 3 aromatic rings. The van der Waals surface area contributed by atoms with Crippen molar-refractivity contribution in [1.29, 1.82) is 0 Å². The van der Waals surface area contributed by atoms with E-state index in [1.165, 1.54) is 6.07 Å². The quantitative estimate of drug-likeness (QED) is 0.437. The largest absolute Gasteiger partial charge is 0.293 e. The summed E-state index contributed by atoms with van der Waals surface area (Å²) in [6, 6.07) is 10.1. The van der Waals surface area contributed by atoms with Crippen LogP contribution in [0, 0.1) is 23.3 Å². The van der Waals surface area contributed by atoms with Crippen LogP contribution in [0.3, 0.4) is 0 Å². The molecule has 122 valence electrons. The molecule has 0 spiro atoms. The van der Waals surface area contributed by atoms with Gasteiger partial charge in [0.15, 0.2) is 23.3 Å². The molecule has 8 heteroatoms. The molecule has 0 fully saturated rings. The lowest BCUT2D eigenvalue weighted by atomic mass is 10.2. The third kappa shape index (κ3) is 2.85. The fourth-order valence-corrected chi connectivity index (χ4v) is 2.06. The molecule has 3 rings (SSSR count). The molecule has 0 radical (unpaired) electrons. The summed E-state index contributed by atoms with van der Waals surface area (Å²) in [5.41, 5.74) is 3.15. The smallest absolute Gasteiger partial charge is 0.288 e. The number of carbonyl (C=O) groups is 1. The molecule has 0 aliphatic rings. The van der Waals surface area contributed by atoms with E-state index in [0.717, 1.165) is 5.39 Å². The van der Waals surface area contributed by atoms with E-state index < -0.39 is 34.9 Å². The second kappa shape index (κ2) is 6.15. The van der Waals surface area contributed by atoms with Crippen molar-refractivity contribution in [3.05, 3.63) is 71.4 Å². The van der Waals surface area contributed by atoms with E-state index in [2.05, 4.69) is 4.98 Å². The first-order valence-corrected chi connectivity index (χ1v) is 6.72. The van der Waals surface area contributed by atoms with Crippen molar-refractivity contribution < 1.29 is 22.4 Å². The van der Waals surface area contributed by atoms with Crippen LogP contribution in [-0.2, 0) is 0 Å². The summed E-state index contributed by atoms with van der Waals surface area (Å²) < 4.78 is 53.2. The van der Waals surface area contributed by atoms with Gasteiger partial charge in [-0.25, -0.2) is 22.5 Å². The van der Waals surface area contributed by atoms with Crippen LogP contribution in [0.4, 0.5) is 23.2 Å². The van der Waals surface area contributed by atoms with Gasteiger partial charge in [0, 0.05) is 11.5 Å². The Morgan fingerprint density at radius 3 is 2.29 bits per heavy atom. The van der Waals surface area contributed by atoms with Crippen LogP contribution >= 0.6 is 0 Å². The van der Waals surface area contributed by atoms with Gasteiger partial charge in [0.1, 0.15) is 11.4 Å². The Morgan fingerprint density at radius 1 is 0.917 bits per heavy atom. The highest BCUT2D eigenvalue weighted by Gasteiger charge is 2.20. The number of hydrogen-bond donors (Lipinski definition) is 2. The molecule has 0 saturated heterocycles. The van der Waals surface area contributed by atoms with Gasteiger partial charge >= 0.3 is 0 Å². The first kappa shape index (κ1) is 15.7. The molecule has 0 aliphatic carbocycles. The number of benzene rings is 2. The number of nitrogens with zero attached hydrogens (tertiary/aromatic N) is 1. The minimum atomic E-state index is -1.65. The normalized spacial score (nSPS) is 10.7. The molecule has 0 bridgehead atoms. The molecular formula is C16H9F4N3O. The number of hydrogen-bond acceptors (Lipinski definition) is 3. The highest BCUT2D eigenvalue weighted by molar-refractivity contribution is 5.95. The molecular weight excluding hydrogens is 326 g/mol. The minimum absolute atomic E-state index is 0.0427. The summed E-state index contributed by atoms with van der Waals surface area (Å²) in [5.74, 6) is -7.31. The average Bonchev–Trinajstić information content (AvgIpc) is 2.59. The van der Waals surface area contributed by atoms with Crippen LogP contribution in [0.15, 0.2) is 42.5 Å². The van der Waals surface area contributed by atoms with Crippen LogP contribution in [0.1, 0.15) is 10.5 Å². The van der Waals surface area contributed by atoms with Gasteiger partial charge in [-0.1, -0.05) is 24.3 Å². The molecule has 1 aromatic heterocycles. The lowest BCUT2D eigenvalue weighted by Gasteiger charge is -2.11. The van der Waals surface area contributed by atoms with E-state index in [9.17, 15) is 22.4 Å². The average molecular weight is 335 g/mol. The topological polar surface area (TPSA) is 54.0 Å². The number of para-hydroxylation sites is 1. The van der Waals surface area contributed by atoms with E-state index in [0.29, 0.717) is 5.52 Å². The van der Waals surface area contributed by atoms with Crippen LogP contribution in [0.25, 0.3) is 10.9 Å². The number of anilines is 1. The third-order valence-electron chi connectivity index (χ3n) is 3.24. The number of rotatable bonds is 3. The lowest BCUT2D eigenvalue weighted by molar-refractivity contribution is 0.0958. The van der Waals surface area contributed by atoms with Crippen LogP contribution in [0.5, 0.6) is 0 Å². The molecule has 2 aromatic carbocycles. The Hall–Kier alpha value is -3.16. The summed E-state index contributed by atoms with van der Waals surface area (Å²) in [6.07, 6.45) is 0. The van der Waals surface area contributed by atoms with Crippen LogP contribution < -0.4 is 10.9 Å². The first-order valence-electron chi connectivity index (χ1n) is 6.72. The minimum Gasteiger partial charge on any atom is -0.293 e. The number of aromatic nitrogens is 1. The molecule has 0 aliphatic heterocycles. The van der Waals surface area contributed by atoms with Gasteiger partial charge in [-0.05, 0) is 12.1 Å². The van der Waals surface area contributed by atoms with Crippen molar-refractivity contribution in [2.75, 3.05) is 5.43 Å². The van der Waals surface area contributed by atoms with E-state index in [4.69, 9.17) is 0 Å². The Balaban J connectivity index is 1.83. The van der Waals surface area contributed by atoms with Gasteiger partial charge in [0.25, 0.3) is 5.91 Å². The number of amides is 1. The third-order valence-corrected chi connectivity index (χ3v) is 3.24. The second-order valence-corrected chi connectivity index (χ2v) is 4.81. The Kier molecular flexibility index (Phi) is 4.03. The van der Waals surface area contributed by atoms with E-state index in [1.807, 2.05) is 10.9 Å². The lowest BCUT2D eigenvalue weighted by Crippen LogP contribution is -2.31. The zero-order valence-corrected chi connectivity index (χ0v) is 11.9. The van der Waals surface area contributed by atoms with Gasteiger partial charge in [-0.2, -0.15) is 0 Å². The standard InChI is InChI=1S/C16H9F4N3O/c17-9-7-10(18)14(20)15(13(9)19)22-23-16(24)12-6-5-8-3-1-2-4-11(8)21-12/h1-7,22H,(H,23,24). The Labute approximate surface area is 133 Å². The molecule has 0 atom stereocenters. The predicted molar refractivity (Wildman–Crippen MR) is 79.1 cm³/mol. The zero-order valence-electron chi connectivity index (χ0n) is 11.9. The highest BCUT2D eigenvalue weighted by Crippen LogP contribution is 2.23. The maximum Gasteiger partial charge on any atom is 0.288 e. The van der Waals surface area contributed by atoms with Crippen molar-refractivity contribution in [1.82, 2.24) is 10.4 Å². The second-order valence-electron chi connectivity index (χ2n) is 4.81. The summed E-state index contributed by atoms with van der Waals surface area (Å²) in [5, 5.41) is 0.797. The van der Waals surface area contributed by atoms with Gasteiger partial charge in [0.2, 0.25) is 0 Å². The Morgan fingerprint density at radius 2 is 1.58 bits per heavy atom. The fraction of sp³-hybridized carbons (Fsp3) is 0.